The van der Waals surface area contributed by atoms with Crippen LogP contribution >= 0.6 is 34.5 Å². The molecule has 0 saturated carbocycles. The standard InChI is InChI=1S/C11H14Cl2N2O3S2/c1-8(16)14-3-2-4-15(6-5-14)20(17,18)9-7-10(12)19-11(9)13/h7H,2-6H2,1H3. The van der Waals surface area contributed by atoms with E-state index in [1.165, 1.54) is 17.3 Å². The highest BCUT2D eigenvalue weighted by molar-refractivity contribution is 7.89. The first-order chi connectivity index (χ1) is 9.32. The van der Waals surface area contributed by atoms with E-state index >= 15 is 0 Å². The number of carbonyl (C=O) groups is 1. The van der Waals surface area contributed by atoms with Crippen LogP contribution in [-0.4, -0.2) is 49.7 Å². The van der Waals surface area contributed by atoms with Gasteiger partial charge in [-0.3, -0.25) is 4.79 Å². The van der Waals surface area contributed by atoms with Gasteiger partial charge in [-0.1, -0.05) is 23.2 Å². The van der Waals surface area contributed by atoms with Crippen LogP contribution in [0.2, 0.25) is 8.67 Å². The van der Waals surface area contributed by atoms with Crippen molar-refractivity contribution in [2.45, 2.75) is 18.2 Å². The molecule has 1 aromatic rings. The van der Waals surface area contributed by atoms with E-state index in [9.17, 15) is 13.2 Å². The van der Waals surface area contributed by atoms with Crippen molar-refractivity contribution < 1.29 is 13.2 Å². The molecule has 0 spiro atoms. The Hall–Kier alpha value is -0.340. The molecule has 1 aliphatic heterocycles. The van der Waals surface area contributed by atoms with Gasteiger partial charge in [0, 0.05) is 33.1 Å². The van der Waals surface area contributed by atoms with Gasteiger partial charge in [0.05, 0.1) is 4.34 Å². The molecule has 112 valence electrons. The summed E-state index contributed by atoms with van der Waals surface area (Å²) < 4.78 is 26.9. The first-order valence-corrected chi connectivity index (χ1v) is 9.04. The van der Waals surface area contributed by atoms with Crippen molar-refractivity contribution in [3.63, 3.8) is 0 Å². The molecular formula is C11H14Cl2N2O3S2. The van der Waals surface area contributed by atoms with Gasteiger partial charge < -0.3 is 4.90 Å². The van der Waals surface area contributed by atoms with Gasteiger partial charge >= 0.3 is 0 Å². The average Bonchev–Trinajstić information content (AvgIpc) is 2.59. The van der Waals surface area contributed by atoms with E-state index in [1.54, 1.807) is 4.90 Å². The maximum absolute atomic E-state index is 12.5. The molecule has 0 aromatic carbocycles. The van der Waals surface area contributed by atoms with Crippen LogP contribution in [0.1, 0.15) is 13.3 Å². The second-order valence-electron chi connectivity index (χ2n) is 4.45. The zero-order valence-corrected chi connectivity index (χ0v) is 13.9. The summed E-state index contributed by atoms with van der Waals surface area (Å²) in [6.07, 6.45) is 0.605. The molecule has 1 saturated heterocycles. The van der Waals surface area contributed by atoms with Crippen LogP contribution in [0.4, 0.5) is 0 Å². The third-order valence-corrected chi connectivity index (χ3v) is 6.80. The number of hydrogen-bond acceptors (Lipinski definition) is 4. The molecule has 0 radical (unpaired) electrons. The largest absolute Gasteiger partial charge is 0.342 e. The third-order valence-electron chi connectivity index (χ3n) is 3.14. The molecule has 2 heterocycles. The Morgan fingerprint density at radius 1 is 1.25 bits per heavy atom. The summed E-state index contributed by atoms with van der Waals surface area (Å²) in [5.41, 5.74) is 0. The number of amides is 1. The minimum Gasteiger partial charge on any atom is -0.342 e. The minimum absolute atomic E-state index is 0.0409. The molecule has 0 N–H and O–H groups in total. The molecule has 9 heteroatoms. The minimum atomic E-state index is -3.65. The van der Waals surface area contributed by atoms with E-state index in [1.807, 2.05) is 0 Å². The molecule has 0 unspecified atom stereocenters. The Morgan fingerprint density at radius 2 is 1.95 bits per heavy atom. The molecule has 20 heavy (non-hydrogen) atoms. The summed E-state index contributed by atoms with van der Waals surface area (Å²) >= 11 is 12.8. The highest BCUT2D eigenvalue weighted by Crippen LogP contribution is 2.35. The van der Waals surface area contributed by atoms with Gasteiger partial charge in [-0.05, 0) is 12.5 Å². The van der Waals surface area contributed by atoms with E-state index in [2.05, 4.69) is 0 Å². The van der Waals surface area contributed by atoms with Crippen LogP contribution in [0.3, 0.4) is 0 Å². The average molecular weight is 357 g/mol. The highest BCUT2D eigenvalue weighted by Gasteiger charge is 2.30. The number of sulfonamides is 1. The fourth-order valence-corrected chi connectivity index (χ4v) is 5.67. The summed E-state index contributed by atoms with van der Waals surface area (Å²) in [5.74, 6) is -0.0409. The predicted molar refractivity (Wildman–Crippen MR) is 80.0 cm³/mol. The van der Waals surface area contributed by atoms with E-state index < -0.39 is 10.0 Å². The fraction of sp³-hybridized carbons (Fsp3) is 0.545. The van der Waals surface area contributed by atoms with Gasteiger partial charge in [-0.15, -0.1) is 11.3 Å². The van der Waals surface area contributed by atoms with Crippen LogP contribution in [0.5, 0.6) is 0 Å². The monoisotopic (exact) mass is 356 g/mol. The van der Waals surface area contributed by atoms with Crippen LogP contribution < -0.4 is 0 Å². The normalized spacial score (nSPS) is 18.1. The van der Waals surface area contributed by atoms with E-state index in [-0.39, 0.29) is 21.7 Å². The second-order valence-corrected chi connectivity index (χ2v) is 8.64. The zero-order chi connectivity index (χ0) is 14.9. The number of hydrogen-bond donors (Lipinski definition) is 0. The highest BCUT2D eigenvalue weighted by atomic mass is 35.5. The SMILES string of the molecule is CC(=O)N1CCCN(S(=O)(=O)c2cc(Cl)sc2Cl)CC1. The van der Waals surface area contributed by atoms with Gasteiger partial charge in [-0.25, -0.2) is 8.42 Å². The van der Waals surface area contributed by atoms with Gasteiger partial charge in [0.1, 0.15) is 9.23 Å². The summed E-state index contributed by atoms with van der Waals surface area (Å²) in [5, 5.41) is 0. The Kier molecular flexibility index (Phi) is 4.96. The molecule has 0 aliphatic carbocycles. The number of carbonyl (C=O) groups excluding carboxylic acids is 1. The maximum atomic E-state index is 12.5. The Morgan fingerprint density at radius 3 is 2.50 bits per heavy atom. The lowest BCUT2D eigenvalue weighted by molar-refractivity contribution is -0.128. The van der Waals surface area contributed by atoms with Gasteiger partial charge in [-0.2, -0.15) is 4.31 Å². The van der Waals surface area contributed by atoms with Crippen LogP contribution in [-0.2, 0) is 14.8 Å². The molecule has 5 nitrogen and oxygen atoms in total. The van der Waals surface area contributed by atoms with E-state index in [0.29, 0.717) is 30.4 Å². The van der Waals surface area contributed by atoms with Gasteiger partial charge in [0.25, 0.3) is 0 Å². The predicted octanol–water partition coefficient (Wildman–Crippen LogP) is 2.30. The lowest BCUT2D eigenvalue weighted by Crippen LogP contribution is -2.36. The van der Waals surface area contributed by atoms with Crippen molar-refractivity contribution >= 4 is 50.5 Å². The fourth-order valence-electron chi connectivity index (χ4n) is 2.09. The van der Waals surface area contributed by atoms with Crippen molar-refractivity contribution in [2.75, 3.05) is 26.2 Å². The summed E-state index contributed by atoms with van der Waals surface area (Å²) in [6.45, 7) is 3.09. The number of rotatable bonds is 2. The quantitative estimate of drug-likeness (QED) is 0.816. The molecule has 2 rings (SSSR count). The van der Waals surface area contributed by atoms with Crippen molar-refractivity contribution in [3.8, 4) is 0 Å². The summed E-state index contributed by atoms with van der Waals surface area (Å²) in [4.78, 5) is 13.1. The Balaban J connectivity index is 2.22. The zero-order valence-electron chi connectivity index (χ0n) is 10.8. The van der Waals surface area contributed by atoms with E-state index in [4.69, 9.17) is 23.2 Å². The van der Waals surface area contributed by atoms with Crippen molar-refractivity contribution in [1.29, 1.82) is 0 Å². The first kappa shape index (κ1) is 16.0. The second kappa shape index (κ2) is 6.19. The van der Waals surface area contributed by atoms with Crippen LogP contribution in [0.15, 0.2) is 11.0 Å². The lowest BCUT2D eigenvalue weighted by atomic mass is 10.4. The summed E-state index contributed by atoms with van der Waals surface area (Å²) in [6, 6.07) is 1.37. The van der Waals surface area contributed by atoms with Gasteiger partial charge in [0.15, 0.2) is 0 Å². The van der Waals surface area contributed by atoms with Crippen molar-refractivity contribution in [3.05, 3.63) is 14.7 Å². The molecule has 1 amide bonds. The summed E-state index contributed by atoms with van der Waals surface area (Å²) in [7, 11) is -3.65. The van der Waals surface area contributed by atoms with Gasteiger partial charge in [0.2, 0.25) is 15.9 Å². The van der Waals surface area contributed by atoms with Crippen molar-refractivity contribution in [1.82, 2.24) is 9.21 Å². The molecular weight excluding hydrogens is 343 g/mol. The number of thiophene rings is 1. The number of halogens is 2. The topological polar surface area (TPSA) is 57.7 Å². The third kappa shape index (κ3) is 3.28. The number of nitrogens with zero attached hydrogens (tertiary/aromatic N) is 2. The molecule has 1 aliphatic rings. The first-order valence-electron chi connectivity index (χ1n) is 6.03. The van der Waals surface area contributed by atoms with E-state index in [0.717, 1.165) is 11.3 Å². The molecule has 1 aromatic heterocycles. The van der Waals surface area contributed by atoms with Crippen molar-refractivity contribution in [2.24, 2.45) is 0 Å². The van der Waals surface area contributed by atoms with Crippen LogP contribution in [0, 0.1) is 0 Å². The van der Waals surface area contributed by atoms with Crippen LogP contribution in [0.25, 0.3) is 0 Å². The maximum Gasteiger partial charge on any atom is 0.245 e. The molecule has 0 bridgehead atoms. The smallest absolute Gasteiger partial charge is 0.245 e. The Bertz CT molecular complexity index is 615. The lowest BCUT2D eigenvalue weighted by Gasteiger charge is -2.20. The molecule has 0 atom stereocenters. The Labute approximate surface area is 132 Å². The molecule has 1 fully saturated rings.